The first-order chi connectivity index (χ1) is 10.6. The molecule has 1 aromatic carbocycles. The molecular formula is C17H25NO4. The minimum atomic E-state index is -0.200. The normalized spacial score (nSPS) is 21.2. The number of benzene rings is 1. The van der Waals surface area contributed by atoms with E-state index < -0.39 is 0 Å². The van der Waals surface area contributed by atoms with Crippen LogP contribution in [0.2, 0.25) is 0 Å². The molecule has 5 nitrogen and oxygen atoms in total. The summed E-state index contributed by atoms with van der Waals surface area (Å²) in [5.41, 5.74) is 0.969. The van der Waals surface area contributed by atoms with Crippen molar-refractivity contribution in [2.24, 2.45) is 0 Å². The fourth-order valence-corrected chi connectivity index (χ4v) is 2.85. The predicted molar refractivity (Wildman–Crippen MR) is 84.3 cm³/mol. The smallest absolute Gasteiger partial charge is 0.220 e. The summed E-state index contributed by atoms with van der Waals surface area (Å²) < 4.78 is 10.5. The van der Waals surface area contributed by atoms with E-state index in [4.69, 9.17) is 9.47 Å². The molecule has 1 fully saturated rings. The summed E-state index contributed by atoms with van der Waals surface area (Å²) in [5.74, 6) is 1.58. The lowest BCUT2D eigenvalue weighted by atomic mass is 9.93. The quantitative estimate of drug-likeness (QED) is 0.844. The third-order valence-corrected chi connectivity index (χ3v) is 4.17. The highest BCUT2D eigenvalue weighted by Gasteiger charge is 2.20. The molecule has 1 aliphatic rings. The molecule has 1 aliphatic carbocycles. The highest BCUT2D eigenvalue weighted by Crippen LogP contribution is 2.25. The van der Waals surface area contributed by atoms with Gasteiger partial charge in [0, 0.05) is 12.5 Å². The van der Waals surface area contributed by atoms with Gasteiger partial charge in [-0.2, -0.15) is 0 Å². The number of methoxy groups -OCH3 is 2. The molecule has 122 valence electrons. The van der Waals surface area contributed by atoms with Gasteiger partial charge in [0.05, 0.1) is 20.3 Å². The van der Waals surface area contributed by atoms with E-state index in [0.29, 0.717) is 12.8 Å². The second-order valence-electron chi connectivity index (χ2n) is 5.75. The highest BCUT2D eigenvalue weighted by molar-refractivity contribution is 5.76. The number of ether oxygens (including phenoxy) is 2. The number of nitrogens with one attached hydrogen (secondary N) is 1. The molecule has 0 heterocycles. The Bertz CT molecular complexity index is 495. The van der Waals surface area contributed by atoms with Crippen molar-refractivity contribution >= 4 is 5.91 Å². The molecule has 0 atom stereocenters. The lowest BCUT2D eigenvalue weighted by Crippen LogP contribution is -2.38. The zero-order chi connectivity index (χ0) is 15.9. The first kappa shape index (κ1) is 16.6. The van der Waals surface area contributed by atoms with Gasteiger partial charge in [0.25, 0.3) is 0 Å². The Balaban J connectivity index is 1.85. The van der Waals surface area contributed by atoms with Crippen molar-refractivity contribution in [3.8, 4) is 11.5 Å². The Kier molecular flexibility index (Phi) is 6.07. The average molecular weight is 307 g/mol. The maximum atomic E-state index is 12.1. The molecule has 0 radical (unpaired) electrons. The van der Waals surface area contributed by atoms with Crippen LogP contribution in [0, 0.1) is 0 Å². The Hall–Kier alpha value is -1.75. The van der Waals surface area contributed by atoms with E-state index in [1.165, 1.54) is 0 Å². The van der Waals surface area contributed by atoms with E-state index >= 15 is 0 Å². The van der Waals surface area contributed by atoms with Crippen LogP contribution in [-0.4, -0.2) is 37.4 Å². The van der Waals surface area contributed by atoms with Crippen molar-refractivity contribution in [1.29, 1.82) is 0 Å². The van der Waals surface area contributed by atoms with Crippen LogP contribution >= 0.6 is 0 Å². The van der Waals surface area contributed by atoms with Crippen molar-refractivity contribution in [1.82, 2.24) is 5.32 Å². The maximum absolute atomic E-state index is 12.1. The monoisotopic (exact) mass is 307 g/mol. The Labute approximate surface area is 131 Å². The van der Waals surface area contributed by atoms with Crippen LogP contribution in [0.4, 0.5) is 0 Å². The third kappa shape index (κ3) is 4.63. The van der Waals surface area contributed by atoms with Crippen molar-refractivity contribution in [2.75, 3.05) is 14.2 Å². The van der Waals surface area contributed by atoms with Crippen molar-refractivity contribution in [3.63, 3.8) is 0 Å². The molecule has 0 bridgehead atoms. The molecule has 22 heavy (non-hydrogen) atoms. The summed E-state index contributed by atoms with van der Waals surface area (Å²) >= 11 is 0. The first-order valence-electron chi connectivity index (χ1n) is 7.80. The van der Waals surface area contributed by atoms with Crippen LogP contribution in [0.1, 0.15) is 37.7 Å². The molecule has 5 heteroatoms. The molecular weight excluding hydrogens is 282 g/mol. The number of carbonyl (C=O) groups is 1. The predicted octanol–water partition coefficient (Wildman–Crippen LogP) is 2.06. The zero-order valence-electron chi connectivity index (χ0n) is 13.3. The van der Waals surface area contributed by atoms with Gasteiger partial charge in [0.1, 0.15) is 11.5 Å². The van der Waals surface area contributed by atoms with Gasteiger partial charge in [-0.05, 0) is 55.9 Å². The van der Waals surface area contributed by atoms with Crippen LogP contribution in [0.15, 0.2) is 18.2 Å². The summed E-state index contributed by atoms with van der Waals surface area (Å²) in [6, 6.07) is 5.80. The second-order valence-corrected chi connectivity index (χ2v) is 5.75. The lowest BCUT2D eigenvalue weighted by Gasteiger charge is -2.26. The lowest BCUT2D eigenvalue weighted by molar-refractivity contribution is -0.122. The Morgan fingerprint density at radius 1 is 1.23 bits per heavy atom. The van der Waals surface area contributed by atoms with Crippen molar-refractivity contribution in [3.05, 3.63) is 23.8 Å². The summed E-state index contributed by atoms with van der Waals surface area (Å²) in [5, 5.41) is 12.5. The molecule has 1 saturated carbocycles. The molecule has 0 saturated heterocycles. The van der Waals surface area contributed by atoms with Gasteiger partial charge in [-0.3, -0.25) is 4.79 Å². The van der Waals surface area contributed by atoms with Crippen molar-refractivity contribution in [2.45, 2.75) is 50.7 Å². The molecule has 0 aliphatic heterocycles. The second kappa shape index (κ2) is 8.03. The van der Waals surface area contributed by atoms with Crippen LogP contribution in [-0.2, 0) is 11.2 Å². The number of aliphatic hydroxyl groups is 1. The van der Waals surface area contributed by atoms with Crippen molar-refractivity contribution < 1.29 is 19.4 Å². The molecule has 0 aromatic heterocycles. The summed E-state index contributed by atoms with van der Waals surface area (Å²) in [7, 11) is 3.24. The first-order valence-corrected chi connectivity index (χ1v) is 7.80. The van der Waals surface area contributed by atoms with Gasteiger partial charge in [-0.15, -0.1) is 0 Å². The van der Waals surface area contributed by atoms with Gasteiger partial charge in [-0.1, -0.05) is 0 Å². The number of carbonyl (C=O) groups excluding carboxylic acids is 1. The molecule has 2 N–H and O–H groups in total. The van der Waals surface area contributed by atoms with Gasteiger partial charge in [0.15, 0.2) is 0 Å². The largest absolute Gasteiger partial charge is 0.497 e. The molecule has 1 aromatic rings. The summed E-state index contributed by atoms with van der Waals surface area (Å²) in [4.78, 5) is 12.1. The number of hydrogen-bond acceptors (Lipinski definition) is 4. The van der Waals surface area contributed by atoms with Crippen LogP contribution in [0.3, 0.4) is 0 Å². The minimum Gasteiger partial charge on any atom is -0.497 e. The van der Waals surface area contributed by atoms with E-state index in [1.54, 1.807) is 14.2 Å². The maximum Gasteiger partial charge on any atom is 0.220 e. The van der Waals surface area contributed by atoms with E-state index in [1.807, 2.05) is 18.2 Å². The third-order valence-electron chi connectivity index (χ3n) is 4.17. The van der Waals surface area contributed by atoms with E-state index in [-0.39, 0.29) is 18.1 Å². The Morgan fingerprint density at radius 2 is 1.95 bits per heavy atom. The zero-order valence-corrected chi connectivity index (χ0v) is 13.3. The fourth-order valence-electron chi connectivity index (χ4n) is 2.85. The molecule has 1 amide bonds. The van der Waals surface area contributed by atoms with E-state index in [0.717, 1.165) is 42.7 Å². The standard InChI is InChI=1S/C17H25NO4/c1-21-15-8-9-16(22-2)12(11-15)3-10-17(20)18-13-4-6-14(19)7-5-13/h8-9,11,13-14,19H,3-7,10H2,1-2H3,(H,18,20). The van der Waals surface area contributed by atoms with Gasteiger partial charge in [-0.25, -0.2) is 0 Å². The number of hydrogen-bond donors (Lipinski definition) is 2. The average Bonchev–Trinajstić information content (AvgIpc) is 2.54. The van der Waals surface area contributed by atoms with Crippen LogP contribution < -0.4 is 14.8 Å². The molecule has 0 spiro atoms. The van der Waals surface area contributed by atoms with Gasteiger partial charge < -0.3 is 19.9 Å². The molecule has 2 rings (SSSR count). The fraction of sp³-hybridized carbons (Fsp3) is 0.588. The minimum absolute atomic E-state index is 0.0475. The number of amides is 1. The Morgan fingerprint density at radius 3 is 2.59 bits per heavy atom. The highest BCUT2D eigenvalue weighted by atomic mass is 16.5. The van der Waals surface area contributed by atoms with E-state index in [2.05, 4.69) is 5.32 Å². The van der Waals surface area contributed by atoms with Crippen LogP contribution in [0.5, 0.6) is 11.5 Å². The number of aryl methyl sites for hydroxylation is 1. The van der Waals surface area contributed by atoms with Crippen LogP contribution in [0.25, 0.3) is 0 Å². The summed E-state index contributed by atoms with van der Waals surface area (Å²) in [6.07, 6.45) is 4.09. The van der Waals surface area contributed by atoms with E-state index in [9.17, 15) is 9.90 Å². The number of rotatable bonds is 6. The van der Waals surface area contributed by atoms with Gasteiger partial charge >= 0.3 is 0 Å². The number of aliphatic hydroxyl groups excluding tert-OH is 1. The van der Waals surface area contributed by atoms with Gasteiger partial charge in [0.2, 0.25) is 5.91 Å². The summed E-state index contributed by atoms with van der Waals surface area (Å²) in [6.45, 7) is 0. The SMILES string of the molecule is COc1ccc(OC)c(CCC(=O)NC2CCC(O)CC2)c1. The molecule has 0 unspecified atom stereocenters. The topological polar surface area (TPSA) is 67.8 Å².